The fourth-order valence-corrected chi connectivity index (χ4v) is 3.24. The molecule has 2 aromatic carbocycles. The Kier molecular flexibility index (Phi) is 6.42. The number of amides is 1. The summed E-state index contributed by atoms with van der Waals surface area (Å²) in [7, 11) is 0. The van der Waals surface area contributed by atoms with E-state index in [0.717, 1.165) is 4.90 Å². The van der Waals surface area contributed by atoms with Gasteiger partial charge in [0.2, 0.25) is 0 Å². The highest BCUT2D eigenvalue weighted by Crippen LogP contribution is 2.31. The Hall–Kier alpha value is -2.34. The van der Waals surface area contributed by atoms with Gasteiger partial charge in [0.1, 0.15) is 11.4 Å². The molecule has 0 saturated heterocycles. The number of benzene rings is 2. The van der Waals surface area contributed by atoms with Gasteiger partial charge >= 0.3 is 6.09 Å². The van der Waals surface area contributed by atoms with Gasteiger partial charge in [0.15, 0.2) is 6.29 Å². The molecule has 0 saturated carbocycles. The summed E-state index contributed by atoms with van der Waals surface area (Å²) in [5.41, 5.74) is 1.13. The summed E-state index contributed by atoms with van der Waals surface area (Å²) in [4.78, 5) is 23.8. The van der Waals surface area contributed by atoms with Crippen LogP contribution in [0, 0.1) is 12.7 Å². The van der Waals surface area contributed by atoms with Gasteiger partial charge in [-0.1, -0.05) is 24.3 Å². The zero-order valence-electron chi connectivity index (χ0n) is 15.3. The lowest BCUT2D eigenvalue weighted by molar-refractivity contribution is 0.0635. The first kappa shape index (κ1) is 20.0. The minimum absolute atomic E-state index is 0.0864. The standard InChI is InChI=1S/C20H22FNO3S/c1-13-9-10-14(18(21)15(13)11-23)12-26-17-8-6-5-7-16(17)22-19(24)25-20(2,3)4/h5-11H,12H2,1-4H3,(H,22,24). The van der Waals surface area contributed by atoms with E-state index in [1.807, 2.05) is 12.1 Å². The Labute approximate surface area is 157 Å². The number of hydrogen-bond acceptors (Lipinski definition) is 4. The summed E-state index contributed by atoms with van der Waals surface area (Å²) in [5, 5.41) is 2.72. The molecule has 0 fully saturated rings. The maximum atomic E-state index is 14.4. The molecule has 0 spiro atoms. The molecule has 0 aliphatic rings. The number of nitrogens with one attached hydrogen (secondary N) is 1. The Morgan fingerprint density at radius 2 is 1.92 bits per heavy atom. The molecule has 0 heterocycles. The van der Waals surface area contributed by atoms with Gasteiger partial charge in [-0.3, -0.25) is 10.1 Å². The lowest BCUT2D eigenvalue weighted by atomic mass is 10.1. The zero-order valence-corrected chi connectivity index (χ0v) is 16.1. The molecular weight excluding hydrogens is 353 g/mol. The highest BCUT2D eigenvalue weighted by Gasteiger charge is 2.17. The van der Waals surface area contributed by atoms with Gasteiger partial charge < -0.3 is 4.74 Å². The van der Waals surface area contributed by atoms with Crippen molar-refractivity contribution in [3.05, 3.63) is 58.9 Å². The molecule has 2 aromatic rings. The Morgan fingerprint density at radius 3 is 2.58 bits per heavy atom. The molecule has 0 aromatic heterocycles. The van der Waals surface area contributed by atoms with Crippen molar-refractivity contribution in [1.82, 2.24) is 0 Å². The molecular formula is C20H22FNO3S. The molecule has 4 nitrogen and oxygen atoms in total. The van der Waals surface area contributed by atoms with Gasteiger partial charge in [0.05, 0.1) is 11.3 Å². The molecule has 0 aliphatic heterocycles. The smallest absolute Gasteiger partial charge is 0.412 e. The number of hydrogen-bond donors (Lipinski definition) is 1. The van der Waals surface area contributed by atoms with Crippen molar-refractivity contribution >= 4 is 29.8 Å². The van der Waals surface area contributed by atoms with Crippen molar-refractivity contribution in [2.75, 3.05) is 5.32 Å². The Bertz CT molecular complexity index is 815. The van der Waals surface area contributed by atoms with E-state index in [-0.39, 0.29) is 5.56 Å². The van der Waals surface area contributed by atoms with Crippen LogP contribution in [-0.2, 0) is 10.5 Å². The van der Waals surface area contributed by atoms with Crippen molar-refractivity contribution in [2.24, 2.45) is 0 Å². The number of carbonyl (C=O) groups is 2. The first-order valence-electron chi connectivity index (χ1n) is 8.16. The third kappa shape index (κ3) is 5.33. The predicted octanol–water partition coefficient (Wildman–Crippen LogP) is 5.59. The molecule has 1 N–H and O–H groups in total. The minimum Gasteiger partial charge on any atom is -0.444 e. The second kappa shape index (κ2) is 8.36. The van der Waals surface area contributed by atoms with E-state index in [0.29, 0.717) is 28.9 Å². The van der Waals surface area contributed by atoms with Crippen LogP contribution >= 0.6 is 11.8 Å². The summed E-state index contributed by atoms with van der Waals surface area (Å²) in [6.45, 7) is 7.07. The van der Waals surface area contributed by atoms with Crippen molar-refractivity contribution in [2.45, 2.75) is 43.9 Å². The van der Waals surface area contributed by atoms with Crippen molar-refractivity contribution < 1.29 is 18.7 Å². The van der Waals surface area contributed by atoms with E-state index in [1.165, 1.54) is 11.8 Å². The van der Waals surface area contributed by atoms with Gasteiger partial charge in [-0.15, -0.1) is 11.8 Å². The highest BCUT2D eigenvalue weighted by molar-refractivity contribution is 7.98. The maximum Gasteiger partial charge on any atom is 0.412 e. The number of thioether (sulfide) groups is 1. The number of rotatable bonds is 5. The average molecular weight is 375 g/mol. The Morgan fingerprint density at radius 1 is 1.23 bits per heavy atom. The number of anilines is 1. The van der Waals surface area contributed by atoms with Gasteiger partial charge in [-0.2, -0.15) is 0 Å². The quantitative estimate of drug-likeness (QED) is 0.547. The Balaban J connectivity index is 2.14. The maximum absolute atomic E-state index is 14.4. The SMILES string of the molecule is Cc1ccc(CSc2ccccc2NC(=O)OC(C)(C)C)c(F)c1C=O. The molecule has 6 heteroatoms. The largest absolute Gasteiger partial charge is 0.444 e. The number of halogens is 1. The number of aryl methyl sites for hydroxylation is 1. The van der Waals surface area contributed by atoms with Crippen molar-refractivity contribution in [1.29, 1.82) is 0 Å². The van der Waals surface area contributed by atoms with E-state index in [1.54, 1.807) is 52.0 Å². The van der Waals surface area contributed by atoms with Crippen LogP contribution in [0.1, 0.15) is 42.3 Å². The number of carbonyl (C=O) groups excluding carboxylic acids is 2. The van der Waals surface area contributed by atoms with E-state index >= 15 is 0 Å². The first-order chi connectivity index (χ1) is 12.2. The van der Waals surface area contributed by atoms with E-state index in [4.69, 9.17) is 4.74 Å². The summed E-state index contributed by atoms with van der Waals surface area (Å²) >= 11 is 1.37. The third-order valence-corrected chi connectivity index (χ3v) is 4.62. The van der Waals surface area contributed by atoms with Crippen LogP contribution in [0.2, 0.25) is 0 Å². The number of ether oxygens (including phenoxy) is 1. The first-order valence-corrected chi connectivity index (χ1v) is 9.15. The predicted molar refractivity (Wildman–Crippen MR) is 102 cm³/mol. The van der Waals surface area contributed by atoms with E-state index in [2.05, 4.69) is 5.32 Å². The lowest BCUT2D eigenvalue weighted by Gasteiger charge is -2.20. The fourth-order valence-electron chi connectivity index (χ4n) is 2.26. The van der Waals surface area contributed by atoms with Crippen LogP contribution in [0.25, 0.3) is 0 Å². The van der Waals surface area contributed by atoms with Crippen molar-refractivity contribution in [3.63, 3.8) is 0 Å². The van der Waals surface area contributed by atoms with Crippen LogP contribution in [-0.4, -0.2) is 18.0 Å². The molecule has 0 bridgehead atoms. The number of aldehydes is 1. The van der Waals surface area contributed by atoms with Crippen LogP contribution in [0.5, 0.6) is 0 Å². The minimum atomic E-state index is -0.595. The van der Waals surface area contributed by atoms with E-state index < -0.39 is 17.5 Å². The van der Waals surface area contributed by atoms with E-state index in [9.17, 15) is 14.0 Å². The van der Waals surface area contributed by atoms with Gasteiger partial charge in [0.25, 0.3) is 0 Å². The third-order valence-electron chi connectivity index (χ3n) is 3.50. The topological polar surface area (TPSA) is 55.4 Å². The second-order valence-corrected chi connectivity index (χ2v) is 7.82. The molecule has 0 unspecified atom stereocenters. The zero-order chi connectivity index (χ0) is 19.3. The molecule has 0 radical (unpaired) electrons. The monoisotopic (exact) mass is 375 g/mol. The number of para-hydroxylation sites is 1. The molecule has 138 valence electrons. The molecule has 0 atom stereocenters. The summed E-state index contributed by atoms with van der Waals surface area (Å²) in [6.07, 6.45) is -0.00748. The van der Waals surface area contributed by atoms with Crippen LogP contribution in [0.3, 0.4) is 0 Å². The van der Waals surface area contributed by atoms with Gasteiger partial charge in [-0.05, 0) is 51.0 Å². The molecule has 26 heavy (non-hydrogen) atoms. The van der Waals surface area contributed by atoms with Gasteiger partial charge in [0, 0.05) is 10.6 Å². The summed E-state index contributed by atoms with van der Waals surface area (Å²) < 4.78 is 19.7. The van der Waals surface area contributed by atoms with Crippen LogP contribution < -0.4 is 5.32 Å². The molecule has 0 aliphatic carbocycles. The molecule has 2 rings (SSSR count). The summed E-state index contributed by atoms with van der Waals surface area (Å²) in [6, 6.07) is 10.6. The normalized spacial score (nSPS) is 11.1. The lowest BCUT2D eigenvalue weighted by Crippen LogP contribution is -2.27. The fraction of sp³-hybridized carbons (Fsp3) is 0.300. The van der Waals surface area contributed by atoms with Gasteiger partial charge in [-0.25, -0.2) is 9.18 Å². The summed E-state index contributed by atoms with van der Waals surface area (Å²) in [5.74, 6) is -0.162. The van der Waals surface area contributed by atoms with Crippen LogP contribution in [0.4, 0.5) is 14.9 Å². The average Bonchev–Trinajstić information content (AvgIpc) is 2.54. The molecule has 1 amide bonds. The van der Waals surface area contributed by atoms with Crippen LogP contribution in [0.15, 0.2) is 41.3 Å². The highest BCUT2D eigenvalue weighted by atomic mass is 32.2. The second-order valence-electron chi connectivity index (χ2n) is 6.80. The van der Waals surface area contributed by atoms with Crippen molar-refractivity contribution in [3.8, 4) is 0 Å².